The van der Waals surface area contributed by atoms with E-state index < -0.39 is 0 Å². The Morgan fingerprint density at radius 1 is 1.18 bits per heavy atom. The van der Waals surface area contributed by atoms with Gasteiger partial charge in [-0.15, -0.1) is 0 Å². The van der Waals surface area contributed by atoms with E-state index >= 15 is 0 Å². The van der Waals surface area contributed by atoms with Gasteiger partial charge >= 0.3 is 6.03 Å². The predicted octanol–water partition coefficient (Wildman–Crippen LogP) is 3.84. The van der Waals surface area contributed by atoms with E-state index in [4.69, 9.17) is 10.7 Å². The SMILES string of the molecule is CCNC(=O)N1CCC(c2nc3c(-c4cnn(-c5ccccc5)c4)cnn3c(N)c2Br)CC1. The molecular formula is C23H25BrN8O. The van der Waals surface area contributed by atoms with Crippen molar-refractivity contribution in [3.63, 3.8) is 0 Å². The lowest BCUT2D eigenvalue weighted by atomic mass is 9.93. The van der Waals surface area contributed by atoms with Crippen LogP contribution in [0.4, 0.5) is 10.6 Å². The molecule has 10 heteroatoms. The molecule has 2 amide bonds. The number of piperidine rings is 1. The standard InChI is InChI=1S/C23H25BrN8O/c1-2-26-23(33)30-10-8-15(9-11-30)20-19(24)21(25)32-22(29-20)18(13-28-32)16-12-27-31(14-16)17-6-4-3-5-7-17/h3-7,12-15H,2,8-11,25H2,1H3,(H,26,33). The van der Waals surface area contributed by atoms with E-state index in [-0.39, 0.29) is 11.9 Å². The molecule has 1 saturated heterocycles. The summed E-state index contributed by atoms with van der Waals surface area (Å²) in [6.07, 6.45) is 7.21. The first-order valence-electron chi connectivity index (χ1n) is 11.0. The smallest absolute Gasteiger partial charge is 0.317 e. The van der Waals surface area contributed by atoms with Gasteiger partial charge in [0.2, 0.25) is 0 Å². The van der Waals surface area contributed by atoms with Crippen LogP contribution in [-0.2, 0) is 0 Å². The summed E-state index contributed by atoms with van der Waals surface area (Å²) in [5, 5.41) is 11.9. The van der Waals surface area contributed by atoms with Gasteiger partial charge in [0, 0.05) is 42.9 Å². The molecule has 3 aromatic heterocycles. The zero-order valence-electron chi connectivity index (χ0n) is 18.3. The number of nitrogens with one attached hydrogen (secondary N) is 1. The molecule has 0 spiro atoms. The number of carbonyl (C=O) groups excluding carboxylic acids is 1. The van der Waals surface area contributed by atoms with Crippen LogP contribution in [-0.4, -0.2) is 54.9 Å². The lowest BCUT2D eigenvalue weighted by Gasteiger charge is -2.32. The van der Waals surface area contributed by atoms with Gasteiger partial charge in [0.15, 0.2) is 5.65 Å². The average Bonchev–Trinajstić information content (AvgIpc) is 3.49. The van der Waals surface area contributed by atoms with Crippen molar-refractivity contribution in [1.29, 1.82) is 0 Å². The van der Waals surface area contributed by atoms with E-state index in [9.17, 15) is 4.79 Å². The van der Waals surface area contributed by atoms with Crippen molar-refractivity contribution >= 4 is 33.4 Å². The van der Waals surface area contributed by atoms with Crippen LogP contribution in [0.15, 0.2) is 53.4 Å². The number of amides is 2. The van der Waals surface area contributed by atoms with Gasteiger partial charge in [-0.2, -0.15) is 14.7 Å². The molecule has 4 heterocycles. The first kappa shape index (κ1) is 21.4. The highest BCUT2D eigenvalue weighted by atomic mass is 79.9. The molecule has 0 bridgehead atoms. The summed E-state index contributed by atoms with van der Waals surface area (Å²) in [6, 6.07) is 9.94. The van der Waals surface area contributed by atoms with Crippen LogP contribution in [0.5, 0.6) is 0 Å². The Labute approximate surface area is 199 Å². The number of para-hydroxylation sites is 1. The molecule has 33 heavy (non-hydrogen) atoms. The fourth-order valence-corrected chi connectivity index (χ4v) is 4.87. The molecule has 0 radical (unpaired) electrons. The van der Waals surface area contributed by atoms with Crippen LogP contribution in [0.2, 0.25) is 0 Å². The van der Waals surface area contributed by atoms with Gasteiger partial charge in [-0.3, -0.25) is 0 Å². The maximum Gasteiger partial charge on any atom is 0.317 e. The van der Waals surface area contributed by atoms with Crippen LogP contribution in [0.25, 0.3) is 22.5 Å². The average molecular weight is 509 g/mol. The third kappa shape index (κ3) is 3.95. The van der Waals surface area contributed by atoms with E-state index in [2.05, 4.69) is 31.4 Å². The third-order valence-electron chi connectivity index (χ3n) is 6.06. The predicted molar refractivity (Wildman–Crippen MR) is 130 cm³/mol. The Morgan fingerprint density at radius 2 is 1.94 bits per heavy atom. The molecule has 3 N–H and O–H groups in total. The summed E-state index contributed by atoms with van der Waals surface area (Å²) in [5.74, 6) is 0.718. The molecular weight excluding hydrogens is 484 g/mol. The number of halogens is 1. The van der Waals surface area contributed by atoms with Gasteiger partial charge in [0.05, 0.1) is 28.2 Å². The first-order valence-corrected chi connectivity index (χ1v) is 11.8. The number of hydrogen-bond donors (Lipinski definition) is 2. The second-order valence-corrected chi connectivity index (χ2v) is 8.89. The zero-order chi connectivity index (χ0) is 22.9. The number of anilines is 1. The number of nitrogens with zero attached hydrogens (tertiary/aromatic N) is 6. The first-order chi connectivity index (χ1) is 16.1. The normalized spacial score (nSPS) is 14.7. The van der Waals surface area contributed by atoms with Gasteiger partial charge in [-0.05, 0) is 47.8 Å². The van der Waals surface area contributed by atoms with Crippen LogP contribution in [0.1, 0.15) is 31.4 Å². The van der Waals surface area contributed by atoms with Gasteiger partial charge < -0.3 is 16.0 Å². The summed E-state index contributed by atoms with van der Waals surface area (Å²) >= 11 is 3.65. The van der Waals surface area contributed by atoms with E-state index in [1.54, 1.807) is 10.7 Å². The fraction of sp³-hybridized carbons (Fsp3) is 0.304. The van der Waals surface area contributed by atoms with Crippen LogP contribution in [0.3, 0.4) is 0 Å². The topological polar surface area (TPSA) is 106 Å². The second-order valence-electron chi connectivity index (χ2n) is 8.10. The zero-order valence-corrected chi connectivity index (χ0v) is 19.9. The molecule has 4 aromatic rings. The van der Waals surface area contributed by atoms with Gasteiger partial charge in [-0.1, -0.05) is 18.2 Å². The van der Waals surface area contributed by atoms with E-state index in [1.807, 2.05) is 59.2 Å². The quantitative estimate of drug-likeness (QED) is 0.435. The maximum atomic E-state index is 12.2. The van der Waals surface area contributed by atoms with Crippen molar-refractivity contribution in [3.05, 3.63) is 59.1 Å². The lowest BCUT2D eigenvalue weighted by Crippen LogP contribution is -2.44. The van der Waals surface area contributed by atoms with Crippen molar-refractivity contribution < 1.29 is 4.79 Å². The number of fused-ring (bicyclic) bond motifs is 1. The minimum Gasteiger partial charge on any atom is -0.383 e. The molecule has 1 aliphatic heterocycles. The Bertz CT molecular complexity index is 1290. The number of benzene rings is 1. The van der Waals surface area contributed by atoms with E-state index in [1.165, 1.54) is 0 Å². The van der Waals surface area contributed by atoms with Crippen molar-refractivity contribution in [1.82, 2.24) is 34.6 Å². The van der Waals surface area contributed by atoms with Crippen LogP contribution >= 0.6 is 15.9 Å². The van der Waals surface area contributed by atoms with E-state index in [0.29, 0.717) is 31.1 Å². The highest BCUT2D eigenvalue weighted by Crippen LogP contribution is 2.37. The van der Waals surface area contributed by atoms with Crippen LogP contribution < -0.4 is 11.1 Å². The molecule has 1 aliphatic rings. The summed E-state index contributed by atoms with van der Waals surface area (Å²) in [7, 11) is 0. The van der Waals surface area contributed by atoms with E-state index in [0.717, 1.165) is 39.8 Å². The molecule has 170 valence electrons. The van der Waals surface area contributed by atoms with Gasteiger partial charge in [-0.25, -0.2) is 14.5 Å². The number of rotatable bonds is 4. The summed E-state index contributed by atoms with van der Waals surface area (Å²) in [6.45, 7) is 3.93. The Morgan fingerprint density at radius 3 is 2.67 bits per heavy atom. The highest BCUT2D eigenvalue weighted by molar-refractivity contribution is 9.10. The summed E-state index contributed by atoms with van der Waals surface area (Å²) in [5.41, 5.74) is 10.8. The number of nitrogen functional groups attached to an aromatic ring is 1. The minimum absolute atomic E-state index is 0.00792. The Kier molecular flexibility index (Phi) is 5.76. The molecule has 9 nitrogen and oxygen atoms in total. The molecule has 1 fully saturated rings. The molecule has 0 saturated carbocycles. The second kappa shape index (κ2) is 8.86. The minimum atomic E-state index is -0.00792. The maximum absolute atomic E-state index is 12.2. The Hall–Kier alpha value is -3.40. The molecule has 0 atom stereocenters. The summed E-state index contributed by atoms with van der Waals surface area (Å²) < 4.78 is 4.26. The Balaban J connectivity index is 1.47. The van der Waals surface area contributed by atoms with Gasteiger partial charge in [0.25, 0.3) is 0 Å². The lowest BCUT2D eigenvalue weighted by molar-refractivity contribution is 0.181. The van der Waals surface area contributed by atoms with Crippen molar-refractivity contribution in [2.75, 3.05) is 25.4 Å². The van der Waals surface area contributed by atoms with Gasteiger partial charge in [0.1, 0.15) is 5.82 Å². The number of hydrogen-bond acceptors (Lipinski definition) is 5. The number of likely N-dealkylation sites (tertiary alicyclic amines) is 1. The molecule has 5 rings (SSSR count). The summed E-state index contributed by atoms with van der Waals surface area (Å²) in [4.78, 5) is 19.0. The largest absolute Gasteiger partial charge is 0.383 e. The monoisotopic (exact) mass is 508 g/mol. The van der Waals surface area contributed by atoms with Crippen molar-refractivity contribution in [3.8, 4) is 16.8 Å². The van der Waals surface area contributed by atoms with Crippen molar-refractivity contribution in [2.24, 2.45) is 0 Å². The molecule has 0 unspecified atom stereocenters. The number of aromatic nitrogens is 5. The molecule has 1 aromatic carbocycles. The number of urea groups is 1. The fourth-order valence-electron chi connectivity index (χ4n) is 4.29. The van der Waals surface area contributed by atoms with Crippen LogP contribution in [0, 0.1) is 0 Å². The number of carbonyl (C=O) groups is 1. The third-order valence-corrected chi connectivity index (χ3v) is 6.87. The number of nitrogens with two attached hydrogens (primary N) is 1. The van der Waals surface area contributed by atoms with Crippen molar-refractivity contribution in [2.45, 2.75) is 25.7 Å². The highest BCUT2D eigenvalue weighted by Gasteiger charge is 2.28. The molecule has 0 aliphatic carbocycles.